The van der Waals surface area contributed by atoms with Crippen molar-refractivity contribution in [3.8, 4) is 39.9 Å². The van der Waals surface area contributed by atoms with Crippen LogP contribution in [0.5, 0.6) is 28.7 Å². The summed E-state index contributed by atoms with van der Waals surface area (Å²) >= 11 is 0. The van der Waals surface area contributed by atoms with Gasteiger partial charge in [0.05, 0.1) is 34.2 Å². The Balaban J connectivity index is 1.90. The molecule has 7 nitrogen and oxygen atoms in total. The smallest absolute Gasteiger partial charge is 0.221 e. The molecule has 0 amide bonds. The molecule has 41 heavy (non-hydrogen) atoms. The zero-order chi connectivity index (χ0) is 29.9. The standard InChI is InChI=1S/C34H39NO6/c1-33(2,3)19-15-22(34(4,5)6)30-23(16-19)35-29-21-17-24(36)25(37-7)12-11-20(21)28-18(13-26(29)41-30)14-27(38-8)31(39-9)32(28)40-10/h11-12,14-17,26H,13H2,1-10H3. The zero-order valence-electron chi connectivity index (χ0n) is 25.6. The Kier molecular flexibility index (Phi) is 7.04. The molecule has 1 atom stereocenters. The van der Waals surface area contributed by atoms with Crippen molar-refractivity contribution in [2.75, 3.05) is 28.4 Å². The van der Waals surface area contributed by atoms with Gasteiger partial charge in [-0.05, 0) is 57.9 Å². The third kappa shape index (κ3) is 4.81. The van der Waals surface area contributed by atoms with Crippen molar-refractivity contribution in [3.63, 3.8) is 0 Å². The quantitative estimate of drug-likeness (QED) is 0.352. The van der Waals surface area contributed by atoms with Gasteiger partial charge in [0.2, 0.25) is 11.2 Å². The number of fused-ring (bicyclic) bond motifs is 6. The van der Waals surface area contributed by atoms with Gasteiger partial charge in [-0.15, -0.1) is 0 Å². The molecule has 0 radical (unpaired) electrons. The first-order valence-corrected chi connectivity index (χ1v) is 13.8. The fourth-order valence-corrected chi connectivity index (χ4v) is 5.65. The molecule has 7 heteroatoms. The number of hydrogen-bond acceptors (Lipinski definition) is 7. The molecule has 2 aliphatic rings. The van der Waals surface area contributed by atoms with Crippen LogP contribution in [0.1, 0.15) is 63.8 Å². The zero-order valence-corrected chi connectivity index (χ0v) is 25.6. The number of aliphatic imine (C=N–C) groups is 1. The van der Waals surface area contributed by atoms with Gasteiger partial charge in [0.25, 0.3) is 0 Å². The molecule has 1 aliphatic heterocycles. The molecule has 216 valence electrons. The summed E-state index contributed by atoms with van der Waals surface area (Å²) in [7, 11) is 6.28. The second kappa shape index (κ2) is 10.1. The van der Waals surface area contributed by atoms with Crippen molar-refractivity contribution in [1.82, 2.24) is 0 Å². The van der Waals surface area contributed by atoms with Gasteiger partial charge in [0.15, 0.2) is 17.2 Å². The molecule has 5 rings (SSSR count). The fourth-order valence-electron chi connectivity index (χ4n) is 5.65. The summed E-state index contributed by atoms with van der Waals surface area (Å²) in [6.07, 6.45) is 0.0261. The average Bonchev–Trinajstić information content (AvgIpc) is 3.14. The number of hydrogen-bond donors (Lipinski definition) is 0. The largest absolute Gasteiger partial charge is 0.493 e. The maximum atomic E-state index is 13.3. The highest BCUT2D eigenvalue weighted by atomic mass is 16.5. The minimum atomic E-state index is -0.459. The molecule has 3 aromatic rings. The lowest BCUT2D eigenvalue weighted by molar-refractivity contribution is 0.257. The first-order valence-electron chi connectivity index (χ1n) is 13.8. The van der Waals surface area contributed by atoms with E-state index in [0.717, 1.165) is 33.7 Å². The Morgan fingerprint density at radius 3 is 2.05 bits per heavy atom. The Bertz CT molecular complexity index is 1620. The number of methoxy groups -OCH3 is 4. The van der Waals surface area contributed by atoms with E-state index in [9.17, 15) is 4.79 Å². The number of rotatable bonds is 4. The molecular weight excluding hydrogens is 518 g/mol. The van der Waals surface area contributed by atoms with Crippen LogP contribution in [0.3, 0.4) is 0 Å². The third-order valence-electron chi connectivity index (χ3n) is 7.84. The maximum absolute atomic E-state index is 13.3. The second-order valence-corrected chi connectivity index (χ2v) is 12.6. The van der Waals surface area contributed by atoms with E-state index in [1.165, 1.54) is 12.7 Å². The van der Waals surface area contributed by atoms with Gasteiger partial charge in [-0.2, -0.15) is 0 Å². The predicted octanol–water partition coefficient (Wildman–Crippen LogP) is 6.78. The van der Waals surface area contributed by atoms with Crippen LogP contribution in [-0.2, 0) is 17.3 Å². The third-order valence-corrected chi connectivity index (χ3v) is 7.84. The Labute approximate surface area is 242 Å². The van der Waals surface area contributed by atoms with Crippen LogP contribution < -0.4 is 29.1 Å². The second-order valence-electron chi connectivity index (χ2n) is 12.6. The Hall–Kier alpha value is -4.00. The molecule has 0 fully saturated rings. The lowest BCUT2D eigenvalue weighted by Gasteiger charge is -2.33. The first kappa shape index (κ1) is 28.5. The van der Waals surface area contributed by atoms with Gasteiger partial charge in [0, 0.05) is 23.1 Å². The maximum Gasteiger partial charge on any atom is 0.221 e. The van der Waals surface area contributed by atoms with Crippen molar-refractivity contribution >= 4 is 11.4 Å². The summed E-state index contributed by atoms with van der Waals surface area (Å²) in [5, 5.41) is 0. The molecule has 1 heterocycles. The average molecular weight is 558 g/mol. The Morgan fingerprint density at radius 1 is 0.780 bits per heavy atom. The van der Waals surface area contributed by atoms with Gasteiger partial charge in [-0.25, -0.2) is 4.99 Å². The van der Waals surface area contributed by atoms with E-state index in [-0.39, 0.29) is 22.0 Å². The monoisotopic (exact) mass is 557 g/mol. The van der Waals surface area contributed by atoms with Crippen molar-refractivity contribution in [1.29, 1.82) is 0 Å². The number of ether oxygens (including phenoxy) is 5. The van der Waals surface area contributed by atoms with Crippen molar-refractivity contribution < 1.29 is 23.7 Å². The van der Waals surface area contributed by atoms with Crippen LogP contribution in [0.2, 0.25) is 0 Å². The van der Waals surface area contributed by atoms with Gasteiger partial charge in [-0.3, -0.25) is 4.79 Å². The van der Waals surface area contributed by atoms with Crippen LogP contribution in [-0.4, -0.2) is 40.3 Å². The van der Waals surface area contributed by atoms with Gasteiger partial charge >= 0.3 is 0 Å². The van der Waals surface area contributed by atoms with E-state index in [1.807, 2.05) is 12.1 Å². The van der Waals surface area contributed by atoms with Gasteiger partial charge in [0.1, 0.15) is 17.5 Å². The molecule has 0 saturated heterocycles. The van der Waals surface area contributed by atoms with Gasteiger partial charge < -0.3 is 23.7 Å². The van der Waals surface area contributed by atoms with Crippen LogP contribution in [0.25, 0.3) is 11.1 Å². The number of benzene rings is 2. The molecule has 1 unspecified atom stereocenters. The highest BCUT2D eigenvalue weighted by Crippen LogP contribution is 2.51. The highest BCUT2D eigenvalue weighted by Gasteiger charge is 2.37. The highest BCUT2D eigenvalue weighted by molar-refractivity contribution is 6.13. The van der Waals surface area contributed by atoms with Crippen LogP contribution in [0.15, 0.2) is 46.2 Å². The first-order chi connectivity index (χ1) is 19.3. The summed E-state index contributed by atoms with van der Waals surface area (Å²) in [4.78, 5) is 18.6. The van der Waals surface area contributed by atoms with Crippen molar-refractivity contribution in [2.45, 2.75) is 64.9 Å². The fraction of sp³-hybridized carbons (Fsp3) is 0.412. The van der Waals surface area contributed by atoms with Gasteiger partial charge in [-0.1, -0.05) is 47.6 Å². The summed E-state index contributed by atoms with van der Waals surface area (Å²) in [6.45, 7) is 13.2. The van der Waals surface area contributed by atoms with Crippen LogP contribution in [0, 0.1) is 0 Å². The van der Waals surface area contributed by atoms with E-state index in [0.29, 0.717) is 34.9 Å². The summed E-state index contributed by atoms with van der Waals surface area (Å²) in [5.74, 6) is 2.55. The number of nitrogens with zero attached hydrogens (tertiary/aromatic N) is 1. The van der Waals surface area contributed by atoms with Crippen molar-refractivity contribution in [2.24, 2.45) is 4.99 Å². The van der Waals surface area contributed by atoms with E-state index >= 15 is 0 Å². The molecule has 0 bridgehead atoms. The summed E-state index contributed by atoms with van der Waals surface area (Å²) in [5.41, 5.74) is 6.37. The molecule has 0 spiro atoms. The minimum Gasteiger partial charge on any atom is -0.493 e. The van der Waals surface area contributed by atoms with Crippen LogP contribution >= 0.6 is 0 Å². The van der Waals surface area contributed by atoms with E-state index in [4.69, 9.17) is 28.7 Å². The molecule has 0 N–H and O–H groups in total. The molecule has 0 saturated carbocycles. The lowest BCUT2D eigenvalue weighted by Crippen LogP contribution is -2.33. The predicted molar refractivity (Wildman–Crippen MR) is 163 cm³/mol. The summed E-state index contributed by atoms with van der Waals surface area (Å²) < 4.78 is 29.7. The van der Waals surface area contributed by atoms with Crippen LogP contribution in [0.4, 0.5) is 5.69 Å². The topological polar surface area (TPSA) is 75.6 Å². The Morgan fingerprint density at radius 2 is 1.46 bits per heavy atom. The lowest BCUT2D eigenvalue weighted by atomic mass is 9.79. The molecular formula is C34H39NO6. The minimum absolute atomic E-state index is 0.0911. The van der Waals surface area contributed by atoms with E-state index in [2.05, 4.69) is 53.7 Å². The normalized spacial score (nSPS) is 15.7. The van der Waals surface area contributed by atoms with Crippen molar-refractivity contribution in [3.05, 3.63) is 68.9 Å². The molecule has 1 aliphatic carbocycles. The molecule has 3 aromatic carbocycles. The van der Waals surface area contributed by atoms with E-state index in [1.54, 1.807) is 33.5 Å². The SMILES string of the molecule is COc1cc2c(c(OC)c1OC)-c1ccc(OC)c(=O)cc1C1=Nc3cc(C(C)(C)C)cc(C(C)(C)C)c3OC1C2. The van der Waals surface area contributed by atoms with E-state index < -0.39 is 6.10 Å². The summed E-state index contributed by atoms with van der Waals surface area (Å²) in [6, 6.07) is 11.5. The molecule has 0 aromatic heterocycles.